The fraction of sp³-hybridized carbons (Fsp3) is 0.412. The first-order chi connectivity index (χ1) is 20.0. The summed E-state index contributed by atoms with van der Waals surface area (Å²) in [6.07, 6.45) is 9.01. The Morgan fingerprint density at radius 3 is 2.00 bits per heavy atom. The Labute approximate surface area is 262 Å². The topological polar surface area (TPSA) is 131 Å². The molecule has 1 unspecified atom stereocenters. The van der Waals surface area contributed by atoms with Crippen LogP contribution in [0.3, 0.4) is 0 Å². The first-order valence-corrected chi connectivity index (χ1v) is 14.7. The van der Waals surface area contributed by atoms with E-state index in [4.69, 9.17) is 20.3 Å². The zero-order chi connectivity index (χ0) is 30.3. The van der Waals surface area contributed by atoms with E-state index in [0.29, 0.717) is 25.0 Å². The van der Waals surface area contributed by atoms with E-state index in [1.807, 2.05) is 26.0 Å². The fourth-order valence-corrected chi connectivity index (χ4v) is 6.41. The summed E-state index contributed by atoms with van der Waals surface area (Å²) >= 11 is 0. The van der Waals surface area contributed by atoms with E-state index in [9.17, 15) is 19.8 Å². The van der Waals surface area contributed by atoms with E-state index >= 15 is 0 Å². The third-order valence-corrected chi connectivity index (χ3v) is 8.89. The second-order valence-electron chi connectivity index (χ2n) is 11.3. The predicted molar refractivity (Wildman–Crippen MR) is 163 cm³/mol. The number of hydrogen-bond acceptors (Lipinski definition) is 2. The maximum atomic E-state index is 11.5. The number of hydrogen-bond donors (Lipinski definition) is 2. The van der Waals surface area contributed by atoms with E-state index in [2.05, 4.69) is 33.8 Å². The molecule has 226 valence electrons. The monoisotopic (exact) mass is 622 g/mol. The van der Waals surface area contributed by atoms with Gasteiger partial charge < -0.3 is 30.5 Å². The summed E-state index contributed by atoms with van der Waals surface area (Å²) in [5, 5.41) is 25.8. The number of nitrogens with zero attached hydrogens (tertiary/aromatic N) is 4. The largest absolute Gasteiger partial charge is 4.00 e. The van der Waals surface area contributed by atoms with E-state index in [1.165, 1.54) is 11.1 Å². The van der Waals surface area contributed by atoms with Crippen LogP contribution < -0.4 is 25.7 Å². The van der Waals surface area contributed by atoms with Crippen LogP contribution in [0.5, 0.6) is 0 Å². The van der Waals surface area contributed by atoms with Crippen molar-refractivity contribution in [1.29, 1.82) is 0 Å². The molecule has 9 heteroatoms. The molecule has 0 radical (unpaired) electrons. The van der Waals surface area contributed by atoms with Gasteiger partial charge in [-0.2, -0.15) is 5.69 Å². The first-order valence-electron chi connectivity index (χ1n) is 14.7. The van der Waals surface area contributed by atoms with Crippen molar-refractivity contribution in [3.8, 4) is 0 Å². The molecular formula is C34H38FeN4O4. The Balaban J connectivity index is 0.00000423. The third-order valence-electron chi connectivity index (χ3n) is 8.89. The molecule has 0 aliphatic carbocycles. The minimum atomic E-state index is -0.869. The molecular weight excluding hydrogens is 584 g/mol. The number of rotatable bonds is 8. The second kappa shape index (κ2) is 12.9. The summed E-state index contributed by atoms with van der Waals surface area (Å²) < 4.78 is 0. The van der Waals surface area contributed by atoms with Crippen molar-refractivity contribution in [3.63, 3.8) is 0 Å². The number of fused-ring (bicyclic) bond motifs is 8. The first kappa shape index (κ1) is 32.2. The Bertz CT molecular complexity index is 1770. The standard InChI is InChI=1S/C34H38N4O4.Fe/c1-7-21-17(3)25-13-26-19(5)23(9-11-33(39)40)31(37-26)16-32-24(10-12-34(41)42)20(6)28(38-32)15-30-22(8-2)18(4)27(36-30)14-29(21)35-25;/h13-14,16,28H,7-12,15H2,1-6H3,(H,39,40)(H,41,42);/q-4;+4/b25-13-,29-14-,32-16-;. The molecule has 8 nitrogen and oxygen atoms in total. The number of aromatic nitrogens is 3. The Hall–Kier alpha value is -3.68. The van der Waals surface area contributed by atoms with Crippen molar-refractivity contribution in [1.82, 2.24) is 15.0 Å². The van der Waals surface area contributed by atoms with Crippen LogP contribution in [0.2, 0.25) is 0 Å². The average Bonchev–Trinajstić information content (AvgIpc) is 3.59. The number of carboxylic acid groups (broad SMARTS) is 2. The van der Waals surface area contributed by atoms with E-state index < -0.39 is 11.9 Å². The minimum absolute atomic E-state index is 0. The summed E-state index contributed by atoms with van der Waals surface area (Å²) in [7, 11) is 0. The SMILES string of the molecule is CCc1c2[n-]c(c1C)/C=c1\[n-]/c(c(C)c1CC)=C\c1[n-]c(c(CCC(=O)O)c1C)/C=C1\[N-]C(C2)C(C)=C1CCC(=O)O.[Fe+4]. The van der Waals surface area contributed by atoms with Crippen LogP contribution in [0.15, 0.2) is 16.8 Å². The smallest absolute Gasteiger partial charge is 0.678 e. The van der Waals surface area contributed by atoms with Crippen molar-refractivity contribution < 1.29 is 36.9 Å². The molecule has 0 saturated heterocycles. The van der Waals surface area contributed by atoms with Gasteiger partial charge in [0.15, 0.2) is 0 Å². The van der Waals surface area contributed by atoms with Gasteiger partial charge in [-0.3, -0.25) is 9.59 Å². The molecule has 0 aromatic carbocycles. The van der Waals surface area contributed by atoms with Gasteiger partial charge in [0.1, 0.15) is 0 Å². The average molecular weight is 623 g/mol. The molecule has 1 atom stereocenters. The number of carboxylic acids is 2. The quantitative estimate of drug-likeness (QED) is 0.362. The summed E-state index contributed by atoms with van der Waals surface area (Å²) in [5.74, 6) is -1.73. The summed E-state index contributed by atoms with van der Waals surface area (Å²) in [4.78, 5) is 38.2. The number of carbonyl (C=O) groups is 2. The predicted octanol–water partition coefficient (Wildman–Crippen LogP) is 4.11. The molecule has 0 spiro atoms. The maximum Gasteiger partial charge on any atom is 4.00 e. The van der Waals surface area contributed by atoms with Crippen LogP contribution in [0.4, 0.5) is 0 Å². The van der Waals surface area contributed by atoms with Crippen LogP contribution in [0.1, 0.15) is 96.2 Å². The molecule has 0 saturated carbocycles. The Morgan fingerprint density at radius 2 is 1.35 bits per heavy atom. The van der Waals surface area contributed by atoms with Crippen molar-refractivity contribution in [3.05, 3.63) is 89.0 Å². The fourth-order valence-electron chi connectivity index (χ4n) is 6.41. The summed E-state index contributed by atoms with van der Waals surface area (Å²) in [6, 6.07) is -0.165. The van der Waals surface area contributed by atoms with Gasteiger partial charge in [0.2, 0.25) is 0 Å². The van der Waals surface area contributed by atoms with Crippen molar-refractivity contribution in [2.24, 2.45) is 0 Å². The molecule has 2 N–H and O–H groups in total. The Morgan fingerprint density at radius 1 is 0.744 bits per heavy atom. The third kappa shape index (κ3) is 6.20. The molecule has 2 aliphatic rings. The molecule has 0 amide bonds. The molecule has 0 fully saturated rings. The van der Waals surface area contributed by atoms with Gasteiger partial charge in [-0.1, -0.05) is 89.1 Å². The zero-order valence-electron chi connectivity index (χ0n) is 25.6. The van der Waals surface area contributed by atoms with E-state index in [0.717, 1.165) is 79.7 Å². The molecule has 5 rings (SSSR count). The normalized spacial score (nSPS) is 18.6. The van der Waals surface area contributed by atoms with Crippen LogP contribution in [-0.4, -0.2) is 28.2 Å². The van der Waals surface area contributed by atoms with E-state index in [1.54, 1.807) is 0 Å². The summed E-state index contributed by atoms with van der Waals surface area (Å²) in [5.41, 5.74) is 12.5. The molecule has 8 bridgehead atoms. The maximum absolute atomic E-state index is 11.5. The van der Waals surface area contributed by atoms with Gasteiger partial charge in [-0.15, -0.1) is 33.5 Å². The van der Waals surface area contributed by atoms with Gasteiger partial charge in [0.25, 0.3) is 0 Å². The molecule has 5 heterocycles. The van der Waals surface area contributed by atoms with Crippen LogP contribution in [0.25, 0.3) is 23.5 Å². The molecule has 3 aromatic heterocycles. The van der Waals surface area contributed by atoms with Gasteiger partial charge in [-0.05, 0) is 53.4 Å². The zero-order valence-corrected chi connectivity index (χ0v) is 26.7. The van der Waals surface area contributed by atoms with Crippen LogP contribution >= 0.6 is 0 Å². The Kier molecular flexibility index (Phi) is 9.67. The van der Waals surface area contributed by atoms with E-state index in [-0.39, 0.29) is 36.0 Å². The molecule has 3 aromatic rings. The number of aliphatic carboxylic acids is 2. The van der Waals surface area contributed by atoms with Crippen molar-refractivity contribution in [2.45, 2.75) is 92.5 Å². The number of allylic oxidation sites excluding steroid dienone is 1. The van der Waals surface area contributed by atoms with Gasteiger partial charge in [0, 0.05) is 12.8 Å². The minimum Gasteiger partial charge on any atom is -0.678 e. The molecule has 2 aliphatic heterocycles. The summed E-state index contributed by atoms with van der Waals surface area (Å²) in [6.45, 7) is 12.5. The van der Waals surface area contributed by atoms with Crippen LogP contribution in [-0.2, 0) is 52.3 Å². The second-order valence-corrected chi connectivity index (χ2v) is 11.3. The van der Waals surface area contributed by atoms with Gasteiger partial charge in [-0.25, -0.2) is 0 Å². The van der Waals surface area contributed by atoms with Gasteiger partial charge in [0.05, 0.1) is 0 Å². The van der Waals surface area contributed by atoms with Crippen LogP contribution in [0, 0.1) is 20.8 Å². The van der Waals surface area contributed by atoms with Crippen molar-refractivity contribution in [2.75, 3.05) is 0 Å². The molecule has 43 heavy (non-hydrogen) atoms. The van der Waals surface area contributed by atoms with Gasteiger partial charge >= 0.3 is 29.0 Å². The van der Waals surface area contributed by atoms with Crippen molar-refractivity contribution >= 4 is 30.2 Å².